The molecule has 7 heteroatoms. The van der Waals surface area contributed by atoms with Crippen molar-refractivity contribution in [1.29, 1.82) is 0 Å². The molecule has 144 valence electrons. The van der Waals surface area contributed by atoms with Crippen LogP contribution in [0, 0.1) is 12.8 Å². The van der Waals surface area contributed by atoms with Crippen molar-refractivity contribution in [2.45, 2.75) is 33.2 Å². The molecular weight excluding hydrogens is 346 g/mol. The number of rotatable bonds is 5. The average molecular weight is 371 g/mol. The molecule has 2 amide bonds. The van der Waals surface area contributed by atoms with E-state index in [9.17, 15) is 9.59 Å². The van der Waals surface area contributed by atoms with Gasteiger partial charge in [0.05, 0.1) is 19.2 Å². The Bertz CT molecular complexity index is 822. The molecule has 1 aromatic heterocycles. The third-order valence-electron chi connectivity index (χ3n) is 4.87. The highest BCUT2D eigenvalue weighted by Crippen LogP contribution is 2.20. The fraction of sp³-hybridized carbons (Fsp3) is 0.450. The van der Waals surface area contributed by atoms with Crippen molar-refractivity contribution in [2.24, 2.45) is 5.92 Å². The van der Waals surface area contributed by atoms with Crippen LogP contribution in [0.15, 0.2) is 28.7 Å². The highest BCUT2D eigenvalue weighted by Gasteiger charge is 2.26. The second-order valence-corrected chi connectivity index (χ2v) is 6.87. The van der Waals surface area contributed by atoms with Crippen LogP contribution in [0.2, 0.25) is 0 Å². The van der Waals surface area contributed by atoms with Crippen molar-refractivity contribution in [3.63, 3.8) is 0 Å². The number of nitrogens with zero attached hydrogens (tertiary/aromatic N) is 2. The molecule has 1 aromatic carbocycles. The van der Waals surface area contributed by atoms with Gasteiger partial charge in [0.1, 0.15) is 11.5 Å². The number of ether oxygens (including phenoxy) is 1. The van der Waals surface area contributed by atoms with E-state index >= 15 is 0 Å². The number of carbonyl (C=O) groups is 2. The van der Waals surface area contributed by atoms with Crippen LogP contribution in [0.25, 0.3) is 0 Å². The van der Waals surface area contributed by atoms with E-state index in [0.717, 1.165) is 25.9 Å². The van der Waals surface area contributed by atoms with Crippen LogP contribution in [0.3, 0.4) is 0 Å². The van der Waals surface area contributed by atoms with Gasteiger partial charge >= 0.3 is 0 Å². The third kappa shape index (κ3) is 4.30. The fourth-order valence-corrected chi connectivity index (χ4v) is 3.17. The van der Waals surface area contributed by atoms with Crippen molar-refractivity contribution in [1.82, 2.24) is 15.2 Å². The molecule has 2 aromatic rings. The molecule has 27 heavy (non-hydrogen) atoms. The first-order chi connectivity index (χ1) is 13.0. The van der Waals surface area contributed by atoms with Crippen LogP contribution >= 0.6 is 0 Å². The zero-order valence-electron chi connectivity index (χ0n) is 15.9. The van der Waals surface area contributed by atoms with Crippen molar-refractivity contribution in [3.05, 3.63) is 47.2 Å². The molecule has 1 saturated heterocycles. The van der Waals surface area contributed by atoms with Gasteiger partial charge in [-0.3, -0.25) is 9.59 Å². The van der Waals surface area contributed by atoms with Crippen molar-refractivity contribution < 1.29 is 18.7 Å². The Balaban J connectivity index is 1.64. The van der Waals surface area contributed by atoms with E-state index in [4.69, 9.17) is 9.15 Å². The molecule has 0 saturated carbocycles. The van der Waals surface area contributed by atoms with Gasteiger partial charge in [0.25, 0.3) is 11.8 Å². The molecule has 0 bridgehead atoms. The number of carbonyl (C=O) groups excluding carboxylic acids is 2. The number of piperidine rings is 1. The van der Waals surface area contributed by atoms with Crippen LogP contribution in [0.5, 0.6) is 5.75 Å². The van der Waals surface area contributed by atoms with Crippen LogP contribution in [-0.2, 0) is 6.54 Å². The van der Waals surface area contributed by atoms with E-state index in [2.05, 4.69) is 17.2 Å². The summed E-state index contributed by atoms with van der Waals surface area (Å²) in [6, 6.07) is 6.97. The van der Waals surface area contributed by atoms with Gasteiger partial charge in [-0.1, -0.05) is 19.1 Å². The molecule has 1 N–H and O–H groups in total. The van der Waals surface area contributed by atoms with Gasteiger partial charge in [0, 0.05) is 13.1 Å². The van der Waals surface area contributed by atoms with E-state index in [0.29, 0.717) is 34.6 Å². The van der Waals surface area contributed by atoms with E-state index in [-0.39, 0.29) is 18.4 Å². The van der Waals surface area contributed by atoms with Crippen LogP contribution in [0.1, 0.15) is 52.3 Å². The van der Waals surface area contributed by atoms with Gasteiger partial charge in [-0.2, -0.15) is 0 Å². The summed E-state index contributed by atoms with van der Waals surface area (Å²) < 4.78 is 10.8. The third-order valence-corrected chi connectivity index (χ3v) is 4.87. The lowest BCUT2D eigenvalue weighted by molar-refractivity contribution is 0.0690. The van der Waals surface area contributed by atoms with E-state index in [1.165, 1.54) is 7.11 Å². The predicted molar refractivity (Wildman–Crippen MR) is 99.7 cm³/mol. The highest BCUT2D eigenvalue weighted by atomic mass is 16.5. The Morgan fingerprint density at radius 3 is 2.70 bits per heavy atom. The maximum atomic E-state index is 12.7. The molecule has 2 heterocycles. The Labute approximate surface area is 158 Å². The first-order valence-corrected chi connectivity index (χ1v) is 9.16. The largest absolute Gasteiger partial charge is 0.496 e. The Kier molecular flexibility index (Phi) is 5.78. The molecule has 0 radical (unpaired) electrons. The van der Waals surface area contributed by atoms with Gasteiger partial charge in [0.15, 0.2) is 5.69 Å². The predicted octanol–water partition coefficient (Wildman–Crippen LogP) is 2.79. The number of para-hydroxylation sites is 1. The molecule has 1 aliphatic heterocycles. The first-order valence-electron chi connectivity index (χ1n) is 9.16. The average Bonchev–Trinajstić information content (AvgIpc) is 3.06. The lowest BCUT2D eigenvalue weighted by Crippen LogP contribution is -2.38. The summed E-state index contributed by atoms with van der Waals surface area (Å²) in [6.45, 7) is 5.50. The highest BCUT2D eigenvalue weighted by molar-refractivity contribution is 5.97. The first kappa shape index (κ1) is 18.9. The summed E-state index contributed by atoms with van der Waals surface area (Å²) in [5.74, 6) is 1.53. The van der Waals surface area contributed by atoms with Crippen molar-refractivity contribution >= 4 is 11.8 Å². The second kappa shape index (κ2) is 8.24. The summed E-state index contributed by atoms with van der Waals surface area (Å²) in [6.07, 6.45) is 2.01. The Morgan fingerprint density at radius 1 is 1.30 bits per heavy atom. The summed E-state index contributed by atoms with van der Waals surface area (Å²) in [4.78, 5) is 31.2. The van der Waals surface area contributed by atoms with Crippen LogP contribution in [-0.4, -0.2) is 41.9 Å². The molecule has 3 rings (SSSR count). The smallest absolute Gasteiger partial charge is 0.276 e. The van der Waals surface area contributed by atoms with Gasteiger partial charge in [0.2, 0.25) is 5.89 Å². The normalized spacial score (nSPS) is 14.9. The number of likely N-dealkylation sites (tertiary alicyclic amines) is 1. The maximum absolute atomic E-state index is 12.7. The number of methoxy groups -OCH3 is 1. The number of benzene rings is 1. The van der Waals surface area contributed by atoms with Gasteiger partial charge < -0.3 is 19.4 Å². The summed E-state index contributed by atoms with van der Waals surface area (Å²) in [7, 11) is 1.52. The molecular formula is C20H25N3O4. The molecule has 1 fully saturated rings. The minimum Gasteiger partial charge on any atom is -0.496 e. The van der Waals surface area contributed by atoms with Crippen LogP contribution < -0.4 is 10.1 Å². The zero-order valence-corrected chi connectivity index (χ0v) is 15.9. The maximum Gasteiger partial charge on any atom is 0.276 e. The van der Waals surface area contributed by atoms with Gasteiger partial charge in [-0.05, 0) is 37.8 Å². The number of aryl methyl sites for hydroxylation is 1. The minimum absolute atomic E-state index is 0.0992. The molecule has 7 nitrogen and oxygen atoms in total. The number of amides is 2. The summed E-state index contributed by atoms with van der Waals surface area (Å²) in [5.41, 5.74) is 0.758. The second-order valence-electron chi connectivity index (χ2n) is 6.87. The molecule has 0 atom stereocenters. The number of oxazole rings is 1. The summed E-state index contributed by atoms with van der Waals surface area (Å²) >= 11 is 0. The van der Waals surface area contributed by atoms with Gasteiger partial charge in [-0.15, -0.1) is 0 Å². The molecule has 1 aliphatic rings. The monoisotopic (exact) mass is 371 g/mol. The van der Waals surface area contributed by atoms with E-state index < -0.39 is 0 Å². The molecule has 0 aliphatic carbocycles. The van der Waals surface area contributed by atoms with E-state index in [1.807, 2.05) is 4.90 Å². The minimum atomic E-state index is -0.291. The zero-order chi connectivity index (χ0) is 19.4. The topological polar surface area (TPSA) is 84.7 Å². The van der Waals surface area contributed by atoms with Gasteiger partial charge in [-0.25, -0.2) is 4.98 Å². The van der Waals surface area contributed by atoms with Crippen LogP contribution in [0.4, 0.5) is 0 Å². The molecule has 0 spiro atoms. The lowest BCUT2D eigenvalue weighted by atomic mass is 9.99. The van der Waals surface area contributed by atoms with E-state index in [1.54, 1.807) is 31.2 Å². The number of hydrogen-bond donors (Lipinski definition) is 1. The lowest BCUT2D eigenvalue weighted by Gasteiger charge is -2.29. The summed E-state index contributed by atoms with van der Waals surface area (Å²) in [5, 5.41) is 2.75. The fourth-order valence-electron chi connectivity index (χ4n) is 3.17. The van der Waals surface area contributed by atoms with Crippen molar-refractivity contribution in [2.75, 3.05) is 20.2 Å². The number of hydrogen-bond acceptors (Lipinski definition) is 5. The Hall–Kier alpha value is -2.83. The Morgan fingerprint density at radius 2 is 2.00 bits per heavy atom. The SMILES string of the molecule is COc1ccccc1C(=O)NCc1nc(C(=O)N2CCC(C)CC2)c(C)o1. The molecule has 0 unspecified atom stereocenters. The number of nitrogens with one attached hydrogen (secondary N) is 1. The quantitative estimate of drug-likeness (QED) is 0.874. The standard InChI is InChI=1S/C20H25N3O4/c1-13-8-10-23(11-9-13)20(25)18-14(2)27-17(22-18)12-21-19(24)15-6-4-5-7-16(15)26-3/h4-7,13H,8-12H2,1-3H3,(H,21,24). The van der Waals surface area contributed by atoms with Crippen molar-refractivity contribution in [3.8, 4) is 5.75 Å². The number of aromatic nitrogens is 1.